The molecule has 2 heterocycles. The van der Waals surface area contributed by atoms with Gasteiger partial charge in [-0.15, -0.1) is 11.3 Å². The van der Waals surface area contributed by atoms with Gasteiger partial charge in [0.15, 0.2) is 0 Å². The fourth-order valence-electron chi connectivity index (χ4n) is 2.12. The Labute approximate surface area is 100 Å². The van der Waals surface area contributed by atoms with Crippen LogP contribution >= 0.6 is 11.3 Å². The molecule has 0 unspecified atom stereocenters. The second-order valence-corrected chi connectivity index (χ2v) is 5.45. The molecular formula is C12H18N2OS. The summed E-state index contributed by atoms with van der Waals surface area (Å²) in [7, 11) is 0. The fraction of sp³-hybridized carbons (Fsp3) is 0.583. The molecule has 1 aromatic heterocycles. The van der Waals surface area contributed by atoms with Gasteiger partial charge in [-0.25, -0.2) is 4.79 Å². The highest BCUT2D eigenvalue weighted by atomic mass is 32.1. The van der Waals surface area contributed by atoms with Crippen LogP contribution in [0.25, 0.3) is 0 Å². The summed E-state index contributed by atoms with van der Waals surface area (Å²) in [5, 5.41) is 5.04. The van der Waals surface area contributed by atoms with Crippen molar-refractivity contribution in [3.63, 3.8) is 0 Å². The smallest absolute Gasteiger partial charge is 0.318 e. The topological polar surface area (TPSA) is 32.3 Å². The number of nitrogens with one attached hydrogen (secondary N) is 1. The van der Waals surface area contributed by atoms with Crippen LogP contribution < -0.4 is 5.32 Å². The molecular weight excluding hydrogens is 220 g/mol. The first-order chi connectivity index (χ1) is 7.68. The van der Waals surface area contributed by atoms with Crippen molar-refractivity contribution in [2.24, 2.45) is 0 Å². The van der Waals surface area contributed by atoms with Crippen LogP contribution in [-0.4, -0.2) is 23.5 Å². The van der Waals surface area contributed by atoms with E-state index in [2.05, 4.69) is 22.8 Å². The molecule has 1 fully saturated rings. The van der Waals surface area contributed by atoms with Crippen LogP contribution in [0.2, 0.25) is 0 Å². The van der Waals surface area contributed by atoms with E-state index in [4.69, 9.17) is 0 Å². The van der Waals surface area contributed by atoms with Gasteiger partial charge in [0, 0.05) is 17.5 Å². The third-order valence-electron chi connectivity index (χ3n) is 2.80. The van der Waals surface area contributed by atoms with Gasteiger partial charge in [0.05, 0.1) is 6.04 Å². The number of carbonyl (C=O) groups is 1. The molecule has 0 aromatic carbocycles. The quantitative estimate of drug-likeness (QED) is 0.844. The van der Waals surface area contributed by atoms with E-state index in [1.54, 1.807) is 11.3 Å². The lowest BCUT2D eigenvalue weighted by Gasteiger charge is -2.25. The predicted octanol–water partition coefficient (Wildman–Crippen LogP) is 3.00. The molecule has 16 heavy (non-hydrogen) atoms. The number of likely N-dealkylation sites (tertiary alicyclic amines) is 1. The Balaban J connectivity index is 2.06. The first-order valence-electron chi connectivity index (χ1n) is 5.79. The van der Waals surface area contributed by atoms with E-state index < -0.39 is 0 Å². The molecule has 4 heteroatoms. The lowest BCUT2D eigenvalue weighted by Crippen LogP contribution is -2.42. The van der Waals surface area contributed by atoms with Crippen molar-refractivity contribution in [3.8, 4) is 0 Å². The number of thiophene rings is 1. The number of carbonyl (C=O) groups excluding carboxylic acids is 1. The van der Waals surface area contributed by atoms with Crippen LogP contribution in [0, 0.1) is 0 Å². The minimum Gasteiger partial charge on any atom is -0.336 e. The maximum Gasteiger partial charge on any atom is 0.318 e. The molecule has 1 aliphatic rings. The van der Waals surface area contributed by atoms with Crippen LogP contribution in [0.5, 0.6) is 0 Å². The highest BCUT2D eigenvalue weighted by Gasteiger charge is 2.30. The maximum absolute atomic E-state index is 12.0. The normalized spacial score (nSPS) is 20.4. The summed E-state index contributed by atoms with van der Waals surface area (Å²) in [5.74, 6) is 0. The number of hydrogen-bond acceptors (Lipinski definition) is 2. The van der Waals surface area contributed by atoms with Crippen molar-refractivity contribution >= 4 is 17.4 Å². The summed E-state index contributed by atoms with van der Waals surface area (Å²) in [4.78, 5) is 15.2. The standard InChI is InChI=1S/C12H18N2OS/c1-9(2)13-12(15)14-7-3-5-10(14)11-6-4-8-16-11/h4,6,8-10H,3,5,7H2,1-2H3,(H,13,15)/t10-/m1/s1. The van der Waals surface area contributed by atoms with Crippen LogP contribution in [0.3, 0.4) is 0 Å². The van der Waals surface area contributed by atoms with E-state index in [1.165, 1.54) is 4.88 Å². The van der Waals surface area contributed by atoms with E-state index in [0.717, 1.165) is 19.4 Å². The van der Waals surface area contributed by atoms with E-state index in [9.17, 15) is 4.79 Å². The van der Waals surface area contributed by atoms with Crippen molar-refractivity contribution in [1.29, 1.82) is 0 Å². The van der Waals surface area contributed by atoms with Crippen molar-refractivity contribution in [2.75, 3.05) is 6.54 Å². The Hall–Kier alpha value is -1.03. The third kappa shape index (κ3) is 2.38. The Kier molecular flexibility index (Phi) is 3.49. The monoisotopic (exact) mass is 238 g/mol. The summed E-state index contributed by atoms with van der Waals surface area (Å²) in [6.07, 6.45) is 2.19. The van der Waals surface area contributed by atoms with Gasteiger partial charge in [-0.1, -0.05) is 6.07 Å². The van der Waals surface area contributed by atoms with Crippen molar-refractivity contribution in [2.45, 2.75) is 38.8 Å². The minimum atomic E-state index is 0.0749. The van der Waals surface area contributed by atoms with Gasteiger partial charge in [0.25, 0.3) is 0 Å². The Morgan fingerprint density at radius 3 is 3.06 bits per heavy atom. The van der Waals surface area contributed by atoms with Crippen molar-refractivity contribution in [3.05, 3.63) is 22.4 Å². The molecule has 1 aromatic rings. The number of amides is 2. The second-order valence-electron chi connectivity index (χ2n) is 4.47. The van der Waals surface area contributed by atoms with E-state index >= 15 is 0 Å². The average molecular weight is 238 g/mol. The Bertz CT molecular complexity index is 348. The van der Waals surface area contributed by atoms with Crippen LogP contribution in [0.1, 0.15) is 37.6 Å². The second kappa shape index (κ2) is 4.87. The fourth-order valence-corrected chi connectivity index (χ4v) is 2.99. The maximum atomic E-state index is 12.0. The summed E-state index contributed by atoms with van der Waals surface area (Å²) in [6, 6.07) is 4.74. The minimum absolute atomic E-state index is 0.0749. The van der Waals surface area contributed by atoms with Crippen molar-refractivity contribution < 1.29 is 4.79 Å². The third-order valence-corrected chi connectivity index (χ3v) is 3.77. The molecule has 88 valence electrons. The van der Waals surface area contributed by atoms with Gasteiger partial charge < -0.3 is 10.2 Å². The molecule has 0 aliphatic carbocycles. The molecule has 0 bridgehead atoms. The molecule has 3 nitrogen and oxygen atoms in total. The number of hydrogen-bond donors (Lipinski definition) is 1. The summed E-state index contributed by atoms with van der Waals surface area (Å²) < 4.78 is 0. The van der Waals surface area contributed by atoms with Gasteiger partial charge in [-0.3, -0.25) is 0 Å². The molecule has 2 rings (SSSR count). The Morgan fingerprint density at radius 1 is 1.62 bits per heavy atom. The number of rotatable bonds is 2. The molecule has 0 spiro atoms. The SMILES string of the molecule is CC(C)NC(=O)N1CCC[C@@H]1c1cccs1. The zero-order valence-corrected chi connectivity index (χ0v) is 10.6. The number of urea groups is 1. The molecule has 1 saturated heterocycles. The van der Waals surface area contributed by atoms with Crippen molar-refractivity contribution in [1.82, 2.24) is 10.2 Å². The first-order valence-corrected chi connectivity index (χ1v) is 6.67. The van der Waals surface area contributed by atoms with E-state index in [1.807, 2.05) is 18.7 Å². The first kappa shape index (κ1) is 11.5. The van der Waals surface area contributed by atoms with Crippen LogP contribution in [0.4, 0.5) is 4.79 Å². The Morgan fingerprint density at radius 2 is 2.44 bits per heavy atom. The van der Waals surface area contributed by atoms with Gasteiger partial charge in [0.1, 0.15) is 0 Å². The summed E-state index contributed by atoms with van der Waals surface area (Å²) in [5.41, 5.74) is 0. The van der Waals surface area contributed by atoms with Gasteiger partial charge >= 0.3 is 6.03 Å². The highest BCUT2D eigenvalue weighted by Crippen LogP contribution is 2.34. The molecule has 0 radical (unpaired) electrons. The molecule has 1 aliphatic heterocycles. The van der Waals surface area contributed by atoms with Gasteiger partial charge in [-0.2, -0.15) is 0 Å². The molecule has 1 atom stereocenters. The molecule has 0 saturated carbocycles. The van der Waals surface area contributed by atoms with E-state index in [0.29, 0.717) is 6.04 Å². The largest absolute Gasteiger partial charge is 0.336 e. The lowest BCUT2D eigenvalue weighted by atomic mass is 10.2. The summed E-state index contributed by atoms with van der Waals surface area (Å²) in [6.45, 7) is 4.86. The van der Waals surface area contributed by atoms with E-state index in [-0.39, 0.29) is 12.1 Å². The predicted molar refractivity (Wildman–Crippen MR) is 66.7 cm³/mol. The number of nitrogens with zero attached hydrogens (tertiary/aromatic N) is 1. The zero-order chi connectivity index (χ0) is 11.5. The average Bonchev–Trinajstić information content (AvgIpc) is 2.87. The lowest BCUT2D eigenvalue weighted by molar-refractivity contribution is 0.191. The van der Waals surface area contributed by atoms with Gasteiger partial charge in [0.2, 0.25) is 0 Å². The molecule has 2 amide bonds. The van der Waals surface area contributed by atoms with Gasteiger partial charge in [-0.05, 0) is 38.1 Å². The zero-order valence-electron chi connectivity index (χ0n) is 9.77. The highest BCUT2D eigenvalue weighted by molar-refractivity contribution is 7.10. The molecule has 1 N–H and O–H groups in total. The van der Waals surface area contributed by atoms with Crippen LogP contribution in [-0.2, 0) is 0 Å². The van der Waals surface area contributed by atoms with Crippen LogP contribution in [0.15, 0.2) is 17.5 Å². The summed E-state index contributed by atoms with van der Waals surface area (Å²) >= 11 is 1.74.